The fourth-order valence-corrected chi connectivity index (χ4v) is 2.13. The van der Waals surface area contributed by atoms with Crippen LogP contribution < -0.4 is 5.73 Å². The van der Waals surface area contributed by atoms with E-state index in [0.717, 1.165) is 52.3 Å². The lowest BCUT2D eigenvalue weighted by Gasteiger charge is -2.27. The fraction of sp³-hybridized carbons (Fsp3) is 0.846. The fourth-order valence-electron chi connectivity index (χ4n) is 2.13. The molecule has 114 valence electrons. The molecule has 1 saturated heterocycles. The summed E-state index contributed by atoms with van der Waals surface area (Å²) in [6.45, 7) is 7.52. The lowest BCUT2D eigenvalue weighted by atomic mass is 10.2. The Hall–Kier alpha value is -1.02. The Morgan fingerprint density at radius 1 is 1.40 bits per heavy atom. The molecule has 0 saturated carbocycles. The van der Waals surface area contributed by atoms with Gasteiger partial charge in [-0.05, 0) is 13.3 Å². The van der Waals surface area contributed by atoms with Crippen molar-refractivity contribution in [2.24, 2.45) is 5.73 Å². The topological polar surface area (TPSA) is 86.6 Å². The highest BCUT2D eigenvalue weighted by Crippen LogP contribution is 2.10. The minimum absolute atomic E-state index is 0.211. The Morgan fingerprint density at radius 2 is 2.20 bits per heavy atom. The Kier molecular flexibility index (Phi) is 6.38. The summed E-state index contributed by atoms with van der Waals surface area (Å²) in [6.07, 6.45) is 1.62. The third-order valence-electron chi connectivity index (χ3n) is 3.26. The second-order valence-corrected chi connectivity index (χ2v) is 4.87. The van der Waals surface area contributed by atoms with E-state index in [1.807, 2.05) is 6.92 Å². The number of hydrogen-bond acceptors (Lipinski definition) is 7. The summed E-state index contributed by atoms with van der Waals surface area (Å²) in [7, 11) is 0. The second-order valence-electron chi connectivity index (χ2n) is 4.87. The van der Waals surface area contributed by atoms with Crippen LogP contribution >= 0.6 is 0 Å². The van der Waals surface area contributed by atoms with Crippen molar-refractivity contribution >= 4 is 0 Å². The van der Waals surface area contributed by atoms with Gasteiger partial charge in [-0.15, -0.1) is 0 Å². The van der Waals surface area contributed by atoms with Crippen LogP contribution in [0.25, 0.3) is 0 Å². The quantitative estimate of drug-likeness (QED) is 0.690. The summed E-state index contributed by atoms with van der Waals surface area (Å²) in [5.74, 6) is 1.22. The number of aryl methyl sites for hydroxylation is 1. The van der Waals surface area contributed by atoms with E-state index < -0.39 is 0 Å². The molecule has 2 rings (SSSR count). The van der Waals surface area contributed by atoms with E-state index >= 15 is 0 Å². The van der Waals surface area contributed by atoms with E-state index in [1.54, 1.807) is 0 Å². The van der Waals surface area contributed by atoms with Crippen LogP contribution in [0.1, 0.15) is 31.1 Å². The van der Waals surface area contributed by atoms with Crippen LogP contribution in [0.15, 0.2) is 4.52 Å². The average molecular weight is 284 g/mol. The second kappa shape index (κ2) is 8.31. The minimum Gasteiger partial charge on any atom is -0.382 e. The third kappa shape index (κ3) is 4.82. The molecule has 0 bridgehead atoms. The first-order valence-corrected chi connectivity index (χ1v) is 7.25. The van der Waals surface area contributed by atoms with Gasteiger partial charge >= 0.3 is 0 Å². The average Bonchev–Trinajstić information content (AvgIpc) is 2.94. The van der Waals surface area contributed by atoms with E-state index in [9.17, 15) is 0 Å². The largest absolute Gasteiger partial charge is 0.382 e. The van der Waals surface area contributed by atoms with Crippen molar-refractivity contribution in [3.63, 3.8) is 0 Å². The maximum absolute atomic E-state index is 6.12. The van der Waals surface area contributed by atoms with Crippen LogP contribution in [0, 0.1) is 0 Å². The first-order chi connectivity index (χ1) is 9.79. The molecule has 2 heterocycles. The van der Waals surface area contributed by atoms with Gasteiger partial charge < -0.3 is 19.7 Å². The van der Waals surface area contributed by atoms with Crippen LogP contribution in [0.5, 0.6) is 0 Å². The van der Waals surface area contributed by atoms with Gasteiger partial charge in [-0.2, -0.15) is 4.98 Å². The van der Waals surface area contributed by atoms with Crippen molar-refractivity contribution in [1.82, 2.24) is 15.0 Å². The van der Waals surface area contributed by atoms with E-state index in [-0.39, 0.29) is 6.04 Å². The van der Waals surface area contributed by atoms with Crippen LogP contribution in [-0.2, 0) is 15.9 Å². The van der Waals surface area contributed by atoms with E-state index in [0.29, 0.717) is 18.3 Å². The monoisotopic (exact) mass is 284 g/mol. The molecule has 0 aromatic carbocycles. The highest BCUT2D eigenvalue weighted by Gasteiger charge is 2.19. The van der Waals surface area contributed by atoms with Crippen molar-refractivity contribution in [3.8, 4) is 0 Å². The minimum atomic E-state index is -0.211. The lowest BCUT2D eigenvalue weighted by Crippen LogP contribution is -2.40. The predicted octanol–water partition coefficient (Wildman–Crippen LogP) is 0.371. The van der Waals surface area contributed by atoms with Crippen LogP contribution in [-0.4, -0.2) is 61.1 Å². The summed E-state index contributed by atoms with van der Waals surface area (Å²) < 4.78 is 15.8. The molecule has 1 atom stereocenters. The van der Waals surface area contributed by atoms with E-state index in [2.05, 4.69) is 15.0 Å². The van der Waals surface area contributed by atoms with Gasteiger partial charge in [-0.3, -0.25) is 4.90 Å². The first-order valence-electron chi connectivity index (χ1n) is 7.25. The number of hydrogen-bond donors (Lipinski definition) is 1. The lowest BCUT2D eigenvalue weighted by molar-refractivity contribution is 0.0348. The summed E-state index contributed by atoms with van der Waals surface area (Å²) in [6, 6.07) is -0.211. The smallest absolute Gasteiger partial charge is 0.226 e. The summed E-state index contributed by atoms with van der Waals surface area (Å²) in [4.78, 5) is 6.62. The molecule has 7 heteroatoms. The van der Waals surface area contributed by atoms with Gasteiger partial charge in [0, 0.05) is 39.3 Å². The van der Waals surface area contributed by atoms with Crippen molar-refractivity contribution < 1.29 is 14.0 Å². The molecular weight excluding hydrogens is 260 g/mol. The molecule has 0 amide bonds. The van der Waals surface area contributed by atoms with Gasteiger partial charge in [-0.1, -0.05) is 5.16 Å². The zero-order valence-corrected chi connectivity index (χ0v) is 12.1. The third-order valence-corrected chi connectivity index (χ3v) is 3.26. The van der Waals surface area contributed by atoms with Crippen molar-refractivity contribution in [1.29, 1.82) is 0 Å². The SMILES string of the molecule is CCOCCCc1nc(C(N)CN2CCOCC2)no1. The molecular formula is C13H24N4O3. The molecule has 0 aliphatic carbocycles. The van der Waals surface area contributed by atoms with Gasteiger partial charge in [0.15, 0.2) is 5.82 Å². The van der Waals surface area contributed by atoms with Crippen molar-refractivity contribution in [2.75, 3.05) is 46.1 Å². The van der Waals surface area contributed by atoms with Gasteiger partial charge in [0.05, 0.1) is 19.3 Å². The Labute approximate surface area is 119 Å². The molecule has 1 aliphatic heterocycles. The van der Waals surface area contributed by atoms with E-state index in [1.165, 1.54) is 0 Å². The zero-order chi connectivity index (χ0) is 14.2. The van der Waals surface area contributed by atoms with Gasteiger partial charge in [-0.25, -0.2) is 0 Å². The molecule has 1 aromatic rings. The number of rotatable bonds is 8. The number of ether oxygens (including phenoxy) is 2. The number of aromatic nitrogens is 2. The van der Waals surface area contributed by atoms with Crippen LogP contribution in [0.2, 0.25) is 0 Å². The van der Waals surface area contributed by atoms with Gasteiger partial charge in [0.2, 0.25) is 5.89 Å². The summed E-state index contributed by atoms with van der Waals surface area (Å²) >= 11 is 0. The highest BCUT2D eigenvalue weighted by molar-refractivity contribution is 4.94. The first kappa shape index (κ1) is 15.4. The normalized spacial score (nSPS) is 18.3. The summed E-state index contributed by atoms with van der Waals surface area (Å²) in [5.41, 5.74) is 6.12. The Morgan fingerprint density at radius 3 is 2.95 bits per heavy atom. The number of nitrogens with two attached hydrogens (primary N) is 1. The van der Waals surface area contributed by atoms with Crippen molar-refractivity contribution in [3.05, 3.63) is 11.7 Å². The summed E-state index contributed by atoms with van der Waals surface area (Å²) in [5, 5.41) is 3.97. The number of morpholine rings is 1. The molecule has 1 aliphatic rings. The van der Waals surface area contributed by atoms with E-state index in [4.69, 9.17) is 19.7 Å². The molecule has 1 fully saturated rings. The van der Waals surface area contributed by atoms with Crippen molar-refractivity contribution in [2.45, 2.75) is 25.8 Å². The highest BCUT2D eigenvalue weighted by atomic mass is 16.5. The Balaban J connectivity index is 1.75. The molecule has 7 nitrogen and oxygen atoms in total. The number of nitrogens with zero attached hydrogens (tertiary/aromatic N) is 3. The molecule has 0 spiro atoms. The zero-order valence-electron chi connectivity index (χ0n) is 12.1. The van der Waals surface area contributed by atoms with Crippen LogP contribution in [0.4, 0.5) is 0 Å². The maximum Gasteiger partial charge on any atom is 0.226 e. The van der Waals surface area contributed by atoms with Gasteiger partial charge in [0.1, 0.15) is 0 Å². The van der Waals surface area contributed by atoms with Gasteiger partial charge in [0.25, 0.3) is 0 Å². The predicted molar refractivity (Wildman–Crippen MR) is 73.3 cm³/mol. The molecule has 20 heavy (non-hydrogen) atoms. The molecule has 1 unspecified atom stereocenters. The Bertz CT molecular complexity index is 379. The maximum atomic E-state index is 6.12. The standard InChI is InChI=1S/C13H24N4O3/c1-2-18-7-3-4-12-15-13(16-20-12)11(14)10-17-5-8-19-9-6-17/h11H,2-10,14H2,1H3. The molecule has 2 N–H and O–H groups in total. The van der Waals surface area contributed by atoms with Crippen LogP contribution in [0.3, 0.4) is 0 Å². The molecule has 0 radical (unpaired) electrons. The molecule has 1 aromatic heterocycles.